The summed E-state index contributed by atoms with van der Waals surface area (Å²) < 4.78 is 5.75. The van der Waals surface area contributed by atoms with Gasteiger partial charge in [-0.1, -0.05) is 19.4 Å². The number of benzene rings is 1. The molecule has 1 aromatic rings. The second-order valence-corrected chi connectivity index (χ2v) is 6.90. The number of fused-ring (bicyclic) bond motifs is 1. The molecule has 0 spiro atoms. The molecule has 3 rings (SSSR count). The van der Waals surface area contributed by atoms with Crippen LogP contribution in [0.5, 0.6) is 5.75 Å². The highest BCUT2D eigenvalue weighted by molar-refractivity contribution is 5.60. The quantitative estimate of drug-likeness (QED) is 0.904. The zero-order chi connectivity index (χ0) is 16.2. The van der Waals surface area contributed by atoms with Crippen molar-refractivity contribution in [3.8, 4) is 5.75 Å². The Morgan fingerprint density at radius 1 is 1.30 bits per heavy atom. The van der Waals surface area contributed by atoms with Gasteiger partial charge < -0.3 is 19.6 Å². The van der Waals surface area contributed by atoms with E-state index in [-0.39, 0.29) is 0 Å². The van der Waals surface area contributed by atoms with E-state index >= 15 is 0 Å². The fourth-order valence-corrected chi connectivity index (χ4v) is 3.85. The molecule has 1 N–H and O–H groups in total. The first-order valence-electron chi connectivity index (χ1n) is 9.09. The van der Waals surface area contributed by atoms with E-state index < -0.39 is 6.10 Å². The molecule has 128 valence electrons. The zero-order valence-electron chi connectivity index (χ0n) is 14.5. The summed E-state index contributed by atoms with van der Waals surface area (Å²) in [6.07, 6.45) is 5.57. The minimum absolute atomic E-state index is 0.407. The minimum Gasteiger partial charge on any atom is -0.490 e. The minimum atomic E-state index is -0.407. The monoisotopic (exact) mass is 318 g/mol. The smallest absolute Gasteiger partial charge is 0.143 e. The van der Waals surface area contributed by atoms with Crippen LogP contribution >= 0.6 is 0 Å². The molecule has 2 aliphatic rings. The van der Waals surface area contributed by atoms with Gasteiger partial charge in [0.15, 0.2) is 0 Å². The van der Waals surface area contributed by atoms with E-state index in [2.05, 4.69) is 29.8 Å². The molecule has 2 aliphatic heterocycles. The Labute approximate surface area is 140 Å². The largest absolute Gasteiger partial charge is 0.490 e. The molecule has 0 saturated carbocycles. The molecule has 2 atom stereocenters. The molecule has 4 heteroatoms. The third kappa shape index (κ3) is 3.81. The number of likely N-dealkylation sites (N-methyl/N-ethyl adjacent to an activating group) is 1. The number of nitrogens with zero attached hydrogens (tertiary/aromatic N) is 2. The standard InChI is InChI=1S/C19H30N2O2/c1-3-16-6-4-5-10-21(16)11-9-18(22)15-7-8-17-19(14-15)23-13-12-20(17)2/h7-8,14,16,18,22H,3-6,9-13H2,1-2H3. The first-order chi connectivity index (χ1) is 11.2. The van der Waals surface area contributed by atoms with Crippen molar-refractivity contribution >= 4 is 5.69 Å². The molecule has 0 radical (unpaired) electrons. The van der Waals surface area contributed by atoms with E-state index in [0.717, 1.165) is 43.1 Å². The Bertz CT molecular complexity index is 520. The van der Waals surface area contributed by atoms with Gasteiger partial charge in [-0.15, -0.1) is 0 Å². The Kier molecular flexibility index (Phi) is 5.44. The van der Waals surface area contributed by atoms with Crippen molar-refractivity contribution in [2.45, 2.75) is 51.2 Å². The first kappa shape index (κ1) is 16.6. The lowest BCUT2D eigenvalue weighted by Crippen LogP contribution is -2.40. The van der Waals surface area contributed by atoms with Crippen LogP contribution in [-0.2, 0) is 0 Å². The van der Waals surface area contributed by atoms with E-state index in [0.29, 0.717) is 6.04 Å². The normalized spacial score (nSPS) is 23.3. The maximum atomic E-state index is 10.6. The highest BCUT2D eigenvalue weighted by atomic mass is 16.5. The van der Waals surface area contributed by atoms with Gasteiger partial charge in [0.05, 0.1) is 18.3 Å². The average molecular weight is 318 g/mol. The summed E-state index contributed by atoms with van der Waals surface area (Å²) in [5, 5.41) is 10.6. The van der Waals surface area contributed by atoms with Crippen LogP contribution in [0.1, 0.15) is 50.7 Å². The van der Waals surface area contributed by atoms with Gasteiger partial charge in [-0.2, -0.15) is 0 Å². The van der Waals surface area contributed by atoms with Gasteiger partial charge in [-0.25, -0.2) is 0 Å². The van der Waals surface area contributed by atoms with E-state index in [1.807, 2.05) is 12.1 Å². The van der Waals surface area contributed by atoms with Crippen LogP contribution < -0.4 is 9.64 Å². The topological polar surface area (TPSA) is 35.9 Å². The molecular formula is C19H30N2O2. The molecule has 1 aromatic carbocycles. The molecule has 23 heavy (non-hydrogen) atoms. The van der Waals surface area contributed by atoms with Crippen LogP contribution in [0.3, 0.4) is 0 Å². The molecule has 0 aliphatic carbocycles. The van der Waals surface area contributed by atoms with E-state index in [9.17, 15) is 5.11 Å². The molecule has 2 heterocycles. The van der Waals surface area contributed by atoms with Crippen LogP contribution in [0.25, 0.3) is 0 Å². The van der Waals surface area contributed by atoms with Crippen LogP contribution in [0.15, 0.2) is 18.2 Å². The van der Waals surface area contributed by atoms with Crippen molar-refractivity contribution in [3.05, 3.63) is 23.8 Å². The van der Waals surface area contributed by atoms with Crippen molar-refractivity contribution in [1.29, 1.82) is 0 Å². The Hall–Kier alpha value is -1.26. The van der Waals surface area contributed by atoms with Gasteiger partial charge in [-0.05, 0) is 49.9 Å². The highest BCUT2D eigenvalue weighted by Crippen LogP contribution is 2.34. The van der Waals surface area contributed by atoms with Gasteiger partial charge in [0.1, 0.15) is 12.4 Å². The molecule has 0 aromatic heterocycles. The first-order valence-corrected chi connectivity index (χ1v) is 9.09. The third-order valence-corrected chi connectivity index (χ3v) is 5.37. The highest BCUT2D eigenvalue weighted by Gasteiger charge is 2.22. The molecule has 4 nitrogen and oxygen atoms in total. The number of piperidine rings is 1. The van der Waals surface area contributed by atoms with Gasteiger partial charge >= 0.3 is 0 Å². The summed E-state index contributed by atoms with van der Waals surface area (Å²) in [4.78, 5) is 4.77. The number of ether oxygens (including phenoxy) is 1. The predicted molar refractivity (Wildman–Crippen MR) is 94.3 cm³/mol. The second-order valence-electron chi connectivity index (χ2n) is 6.90. The summed E-state index contributed by atoms with van der Waals surface area (Å²) in [5.74, 6) is 0.903. The number of likely N-dealkylation sites (tertiary alicyclic amines) is 1. The summed E-state index contributed by atoms with van der Waals surface area (Å²) in [6.45, 7) is 6.08. The SMILES string of the molecule is CCC1CCCCN1CCC(O)c1ccc2c(c1)OCCN2C. The lowest BCUT2D eigenvalue weighted by atomic mass is 9.98. The van der Waals surface area contributed by atoms with Crippen LogP contribution in [0, 0.1) is 0 Å². The van der Waals surface area contributed by atoms with Crippen molar-refractivity contribution in [3.63, 3.8) is 0 Å². The summed E-state index contributed by atoms with van der Waals surface area (Å²) >= 11 is 0. The number of anilines is 1. The molecule has 0 amide bonds. The summed E-state index contributed by atoms with van der Waals surface area (Å²) in [5.41, 5.74) is 2.10. The van der Waals surface area contributed by atoms with Gasteiger partial charge in [0.2, 0.25) is 0 Å². The van der Waals surface area contributed by atoms with Crippen LogP contribution in [0.2, 0.25) is 0 Å². The van der Waals surface area contributed by atoms with Crippen molar-refractivity contribution in [2.24, 2.45) is 0 Å². The number of hydrogen-bond acceptors (Lipinski definition) is 4. The fraction of sp³-hybridized carbons (Fsp3) is 0.684. The number of aliphatic hydroxyl groups is 1. The average Bonchev–Trinajstić information content (AvgIpc) is 2.59. The van der Waals surface area contributed by atoms with Crippen LogP contribution in [0.4, 0.5) is 5.69 Å². The third-order valence-electron chi connectivity index (χ3n) is 5.37. The van der Waals surface area contributed by atoms with E-state index in [4.69, 9.17) is 4.74 Å². The van der Waals surface area contributed by atoms with Crippen LogP contribution in [-0.4, -0.2) is 49.3 Å². The molecule has 1 saturated heterocycles. The number of rotatable bonds is 5. The maximum Gasteiger partial charge on any atom is 0.143 e. The van der Waals surface area contributed by atoms with Crippen molar-refractivity contribution in [2.75, 3.05) is 38.2 Å². The van der Waals surface area contributed by atoms with Gasteiger partial charge in [0, 0.05) is 19.6 Å². The maximum absolute atomic E-state index is 10.6. The molecule has 2 unspecified atom stereocenters. The fourth-order valence-electron chi connectivity index (χ4n) is 3.85. The van der Waals surface area contributed by atoms with E-state index in [1.54, 1.807) is 0 Å². The second kappa shape index (κ2) is 7.54. The molecule has 0 bridgehead atoms. The lowest BCUT2D eigenvalue weighted by molar-refractivity contribution is 0.101. The number of hydrogen-bond donors (Lipinski definition) is 1. The summed E-state index contributed by atoms with van der Waals surface area (Å²) in [7, 11) is 2.08. The Balaban J connectivity index is 1.61. The zero-order valence-corrected chi connectivity index (χ0v) is 14.5. The summed E-state index contributed by atoms with van der Waals surface area (Å²) in [6, 6.07) is 6.84. The Morgan fingerprint density at radius 3 is 3.00 bits per heavy atom. The Morgan fingerprint density at radius 2 is 2.17 bits per heavy atom. The number of aliphatic hydroxyl groups excluding tert-OH is 1. The predicted octanol–water partition coefficient (Wildman–Crippen LogP) is 3.20. The molecule has 1 fully saturated rings. The lowest BCUT2D eigenvalue weighted by Gasteiger charge is -2.35. The van der Waals surface area contributed by atoms with Crippen molar-refractivity contribution in [1.82, 2.24) is 4.90 Å². The molecular weight excluding hydrogens is 288 g/mol. The van der Waals surface area contributed by atoms with E-state index in [1.165, 1.54) is 32.2 Å². The van der Waals surface area contributed by atoms with Crippen molar-refractivity contribution < 1.29 is 9.84 Å². The van der Waals surface area contributed by atoms with Gasteiger partial charge in [0.25, 0.3) is 0 Å². The van der Waals surface area contributed by atoms with Gasteiger partial charge in [-0.3, -0.25) is 0 Å².